The first-order chi connectivity index (χ1) is 17.0. The first-order valence-electron chi connectivity index (χ1n) is 11.8. The molecule has 1 aliphatic carbocycles. The van der Waals surface area contributed by atoms with Gasteiger partial charge in [0.25, 0.3) is 5.91 Å². The van der Waals surface area contributed by atoms with E-state index < -0.39 is 11.4 Å². The quantitative estimate of drug-likeness (QED) is 0.535. The van der Waals surface area contributed by atoms with Gasteiger partial charge in [0.15, 0.2) is 5.82 Å². The van der Waals surface area contributed by atoms with Gasteiger partial charge in [0.2, 0.25) is 0 Å². The molecular formula is C27H27FN6O. The van der Waals surface area contributed by atoms with Crippen LogP contribution in [0.25, 0.3) is 6.08 Å². The standard InChI is InChI=1S/C27H27FN6O/c28-21-7-9-22(10-8-21)31-26-24(25(30)35)18-34(32-26)27(11-14-29)12-15-33(16-13-27)17-20-5-1-3-19-4-2-6-23(19)20/h1-3,5-10,18H,4,11-13,15-17H2,(H2,30,35)(H,31,32). The van der Waals surface area contributed by atoms with Crippen LogP contribution in [-0.2, 0) is 18.5 Å². The molecule has 0 spiro atoms. The Kier molecular flexibility index (Phi) is 6.10. The number of nitrogens with two attached hydrogens (primary N) is 1. The van der Waals surface area contributed by atoms with E-state index in [0.717, 1.165) is 38.9 Å². The summed E-state index contributed by atoms with van der Waals surface area (Å²) in [6, 6.07) is 14.6. The van der Waals surface area contributed by atoms with Crippen molar-refractivity contribution in [1.82, 2.24) is 14.7 Å². The number of likely N-dealkylation sites (tertiary alicyclic amines) is 1. The molecule has 0 atom stereocenters. The van der Waals surface area contributed by atoms with Crippen molar-refractivity contribution in [2.45, 2.75) is 37.8 Å². The molecule has 0 saturated carbocycles. The van der Waals surface area contributed by atoms with Gasteiger partial charge in [-0.25, -0.2) is 4.39 Å². The van der Waals surface area contributed by atoms with Gasteiger partial charge in [-0.2, -0.15) is 10.4 Å². The smallest absolute Gasteiger partial charge is 0.254 e. The zero-order chi connectivity index (χ0) is 24.4. The molecule has 1 saturated heterocycles. The highest BCUT2D eigenvalue weighted by molar-refractivity contribution is 5.98. The zero-order valence-electron chi connectivity index (χ0n) is 19.4. The van der Waals surface area contributed by atoms with Crippen molar-refractivity contribution in [2.24, 2.45) is 5.73 Å². The fraction of sp³-hybridized carbons (Fsp3) is 0.296. The number of carbonyl (C=O) groups is 1. The topological polar surface area (TPSA) is 100.0 Å². The SMILES string of the molecule is N#CCC1(n2cc(C(N)=O)c(Nc3ccc(F)cc3)n2)CCN(Cc2cccc3c2C=CC3)CC1. The maximum absolute atomic E-state index is 13.3. The second kappa shape index (κ2) is 9.35. The van der Waals surface area contributed by atoms with Gasteiger partial charge in [-0.1, -0.05) is 30.4 Å². The molecule has 1 fully saturated rings. The van der Waals surface area contributed by atoms with Gasteiger partial charge >= 0.3 is 0 Å². The Morgan fingerprint density at radius 3 is 2.69 bits per heavy atom. The van der Waals surface area contributed by atoms with E-state index in [2.05, 4.69) is 51.7 Å². The lowest BCUT2D eigenvalue weighted by Gasteiger charge is -2.41. The van der Waals surface area contributed by atoms with Crippen LogP contribution >= 0.6 is 0 Å². The van der Waals surface area contributed by atoms with Gasteiger partial charge in [-0.15, -0.1) is 0 Å². The molecule has 0 unspecified atom stereocenters. The average molecular weight is 471 g/mol. The molecule has 3 aromatic rings. The minimum Gasteiger partial charge on any atom is -0.365 e. The Hall–Kier alpha value is -3.96. The number of benzene rings is 2. The van der Waals surface area contributed by atoms with Crippen LogP contribution in [0.4, 0.5) is 15.9 Å². The first kappa shape index (κ1) is 22.8. The van der Waals surface area contributed by atoms with E-state index in [-0.39, 0.29) is 17.8 Å². The molecule has 1 amide bonds. The summed E-state index contributed by atoms with van der Waals surface area (Å²) in [5.41, 5.74) is 9.95. The number of nitrogens with zero attached hydrogens (tertiary/aromatic N) is 4. The number of amides is 1. The van der Waals surface area contributed by atoms with Crippen molar-refractivity contribution in [2.75, 3.05) is 18.4 Å². The molecule has 8 heteroatoms. The summed E-state index contributed by atoms with van der Waals surface area (Å²) < 4.78 is 15.0. The number of primary amides is 1. The fourth-order valence-electron chi connectivity index (χ4n) is 5.06. The molecule has 7 nitrogen and oxygen atoms in total. The maximum atomic E-state index is 13.3. The molecule has 1 aromatic heterocycles. The Morgan fingerprint density at radius 2 is 1.97 bits per heavy atom. The molecule has 5 rings (SSSR count). The van der Waals surface area contributed by atoms with Gasteiger partial charge in [0.05, 0.1) is 18.0 Å². The number of aromatic nitrogens is 2. The molecule has 1 aliphatic heterocycles. The first-order valence-corrected chi connectivity index (χ1v) is 11.8. The summed E-state index contributed by atoms with van der Waals surface area (Å²) in [6.07, 6.45) is 8.76. The van der Waals surface area contributed by atoms with Crippen molar-refractivity contribution >= 4 is 23.5 Å². The number of halogens is 1. The Balaban J connectivity index is 1.36. The van der Waals surface area contributed by atoms with Gasteiger partial charge in [0, 0.05) is 31.5 Å². The third-order valence-corrected chi connectivity index (χ3v) is 7.07. The molecule has 178 valence electrons. The van der Waals surface area contributed by atoms with Crippen LogP contribution in [0.3, 0.4) is 0 Å². The summed E-state index contributed by atoms with van der Waals surface area (Å²) in [6.45, 7) is 2.47. The predicted octanol–water partition coefficient (Wildman–Crippen LogP) is 4.34. The molecule has 3 N–H and O–H groups in total. The van der Waals surface area contributed by atoms with Crippen molar-refractivity contribution in [3.63, 3.8) is 0 Å². The molecule has 2 aliphatic rings. The third-order valence-electron chi connectivity index (χ3n) is 7.07. The highest BCUT2D eigenvalue weighted by atomic mass is 19.1. The predicted molar refractivity (Wildman–Crippen MR) is 132 cm³/mol. The van der Waals surface area contributed by atoms with Crippen molar-refractivity contribution < 1.29 is 9.18 Å². The van der Waals surface area contributed by atoms with Crippen molar-refractivity contribution in [3.05, 3.63) is 82.8 Å². The van der Waals surface area contributed by atoms with Crippen LogP contribution in [0.2, 0.25) is 0 Å². The van der Waals surface area contributed by atoms with Gasteiger partial charge in [0.1, 0.15) is 11.4 Å². The Bertz CT molecular complexity index is 1310. The van der Waals surface area contributed by atoms with Crippen LogP contribution in [0, 0.1) is 17.1 Å². The normalized spacial score (nSPS) is 16.6. The number of hydrogen-bond donors (Lipinski definition) is 2. The number of fused-ring (bicyclic) bond motifs is 1. The van der Waals surface area contributed by atoms with Gasteiger partial charge in [-0.3, -0.25) is 14.4 Å². The van der Waals surface area contributed by atoms with E-state index in [1.54, 1.807) is 23.0 Å². The largest absolute Gasteiger partial charge is 0.365 e. The molecule has 2 heterocycles. The Morgan fingerprint density at radius 1 is 1.20 bits per heavy atom. The fourth-order valence-corrected chi connectivity index (χ4v) is 5.06. The molecule has 0 radical (unpaired) electrons. The van der Waals surface area contributed by atoms with Crippen LogP contribution in [-0.4, -0.2) is 33.7 Å². The van der Waals surface area contributed by atoms with Crippen LogP contribution in [0.15, 0.2) is 54.7 Å². The number of rotatable bonds is 7. The minimum atomic E-state index is -0.614. The number of carbonyl (C=O) groups excluding carboxylic acids is 1. The van der Waals surface area contributed by atoms with Crippen LogP contribution in [0.5, 0.6) is 0 Å². The summed E-state index contributed by atoms with van der Waals surface area (Å²) >= 11 is 0. The van der Waals surface area contributed by atoms with E-state index in [9.17, 15) is 14.4 Å². The third kappa shape index (κ3) is 4.55. The summed E-state index contributed by atoms with van der Waals surface area (Å²) in [5.74, 6) is -0.667. The van der Waals surface area contributed by atoms with E-state index in [1.165, 1.54) is 28.8 Å². The molecule has 0 bridgehead atoms. The molecule has 35 heavy (non-hydrogen) atoms. The average Bonchev–Trinajstić information content (AvgIpc) is 3.50. The number of allylic oxidation sites excluding steroid dienone is 1. The molecular weight excluding hydrogens is 443 g/mol. The van der Waals surface area contributed by atoms with E-state index >= 15 is 0 Å². The lowest BCUT2D eigenvalue weighted by atomic mass is 9.84. The summed E-state index contributed by atoms with van der Waals surface area (Å²) in [5, 5.41) is 17.4. The summed E-state index contributed by atoms with van der Waals surface area (Å²) in [7, 11) is 0. The van der Waals surface area contributed by atoms with E-state index in [1.807, 2.05) is 0 Å². The van der Waals surface area contributed by atoms with Crippen molar-refractivity contribution in [1.29, 1.82) is 5.26 Å². The van der Waals surface area contributed by atoms with Crippen LogP contribution in [0.1, 0.15) is 46.3 Å². The zero-order valence-corrected chi connectivity index (χ0v) is 19.4. The van der Waals surface area contributed by atoms with E-state index in [4.69, 9.17) is 5.73 Å². The number of anilines is 2. The maximum Gasteiger partial charge on any atom is 0.254 e. The number of hydrogen-bond acceptors (Lipinski definition) is 5. The molecule has 2 aromatic carbocycles. The van der Waals surface area contributed by atoms with Gasteiger partial charge < -0.3 is 11.1 Å². The highest BCUT2D eigenvalue weighted by Gasteiger charge is 2.38. The van der Waals surface area contributed by atoms with Crippen LogP contribution < -0.4 is 11.1 Å². The monoisotopic (exact) mass is 470 g/mol. The lowest BCUT2D eigenvalue weighted by Crippen LogP contribution is -2.46. The number of nitriles is 1. The second-order valence-electron chi connectivity index (χ2n) is 9.26. The number of piperidine rings is 1. The summed E-state index contributed by atoms with van der Waals surface area (Å²) in [4.78, 5) is 14.6. The lowest BCUT2D eigenvalue weighted by molar-refractivity contribution is 0.0967. The van der Waals surface area contributed by atoms with E-state index in [0.29, 0.717) is 11.5 Å². The van der Waals surface area contributed by atoms with Crippen molar-refractivity contribution in [3.8, 4) is 6.07 Å². The highest BCUT2D eigenvalue weighted by Crippen LogP contribution is 2.36. The second-order valence-corrected chi connectivity index (χ2v) is 9.26. The van der Waals surface area contributed by atoms with Gasteiger partial charge in [-0.05, 0) is 60.2 Å². The number of nitrogens with one attached hydrogen (secondary N) is 1. The minimum absolute atomic E-state index is 0.237. The Labute approximate surface area is 203 Å².